The Hall–Kier alpha value is -3.00. The van der Waals surface area contributed by atoms with Crippen LogP contribution in [-0.4, -0.2) is 28.7 Å². The van der Waals surface area contributed by atoms with Gasteiger partial charge in [-0.25, -0.2) is 4.79 Å². The highest BCUT2D eigenvalue weighted by atomic mass is 32.1. The fourth-order valence-corrected chi connectivity index (χ4v) is 4.42. The van der Waals surface area contributed by atoms with Gasteiger partial charge >= 0.3 is 12.0 Å². The van der Waals surface area contributed by atoms with Crippen molar-refractivity contribution in [3.8, 4) is 11.5 Å². The Balaban J connectivity index is 1.31. The van der Waals surface area contributed by atoms with Gasteiger partial charge in [-0.05, 0) is 49.4 Å². The number of anilines is 1. The van der Waals surface area contributed by atoms with Crippen molar-refractivity contribution in [3.63, 3.8) is 0 Å². The number of nitrogens with zero attached hydrogens (tertiary/aromatic N) is 2. The van der Waals surface area contributed by atoms with Crippen LogP contribution in [0.2, 0.25) is 0 Å². The maximum absolute atomic E-state index is 12.3. The van der Waals surface area contributed by atoms with Crippen LogP contribution in [0, 0.1) is 0 Å². The molecule has 150 valence electrons. The predicted molar refractivity (Wildman–Crippen MR) is 109 cm³/mol. The Morgan fingerprint density at radius 1 is 1.07 bits per heavy atom. The molecular weight excluding hydrogens is 390 g/mol. The van der Waals surface area contributed by atoms with Crippen molar-refractivity contribution >= 4 is 29.2 Å². The summed E-state index contributed by atoms with van der Waals surface area (Å²) in [6.45, 7) is -0.412. The molecule has 1 amide bonds. The quantitative estimate of drug-likeness (QED) is 0.631. The second-order valence-corrected chi connectivity index (χ2v) is 8.01. The van der Waals surface area contributed by atoms with E-state index in [9.17, 15) is 9.59 Å². The smallest absolute Gasteiger partial charge is 0.348 e. The van der Waals surface area contributed by atoms with Crippen LogP contribution in [0.5, 0.6) is 0 Å². The summed E-state index contributed by atoms with van der Waals surface area (Å²) < 4.78 is 10.6. The first-order chi connectivity index (χ1) is 14.2. The molecule has 2 heterocycles. The Morgan fingerprint density at radius 3 is 2.69 bits per heavy atom. The minimum Gasteiger partial charge on any atom is -0.451 e. The fourth-order valence-electron chi connectivity index (χ4n) is 3.27. The van der Waals surface area contributed by atoms with Gasteiger partial charge in [0.05, 0.1) is 0 Å². The molecule has 29 heavy (non-hydrogen) atoms. The summed E-state index contributed by atoms with van der Waals surface area (Å²) in [5.41, 5.74) is 1.99. The van der Waals surface area contributed by atoms with E-state index in [4.69, 9.17) is 9.15 Å². The van der Waals surface area contributed by atoms with Gasteiger partial charge in [0, 0.05) is 10.4 Å². The average molecular weight is 411 g/mol. The summed E-state index contributed by atoms with van der Waals surface area (Å²) in [4.78, 5) is 26.2. The van der Waals surface area contributed by atoms with E-state index in [1.54, 1.807) is 0 Å². The molecule has 1 aromatic carbocycles. The number of amides is 1. The Bertz CT molecular complexity index is 971. The zero-order chi connectivity index (χ0) is 20.1. The van der Waals surface area contributed by atoms with Gasteiger partial charge in [-0.1, -0.05) is 36.1 Å². The van der Waals surface area contributed by atoms with E-state index in [0.29, 0.717) is 10.8 Å². The van der Waals surface area contributed by atoms with Crippen molar-refractivity contribution in [1.29, 1.82) is 0 Å². The van der Waals surface area contributed by atoms with E-state index in [0.717, 1.165) is 31.2 Å². The monoisotopic (exact) mass is 411 g/mol. The number of hydrogen-bond acceptors (Lipinski definition) is 7. The highest BCUT2D eigenvalue weighted by Crippen LogP contribution is 2.29. The lowest BCUT2D eigenvalue weighted by Gasteiger charge is -2.07. The topological polar surface area (TPSA) is 94.3 Å². The molecule has 1 aliphatic rings. The van der Waals surface area contributed by atoms with Crippen LogP contribution >= 0.6 is 11.3 Å². The van der Waals surface area contributed by atoms with Crippen LogP contribution in [0.1, 0.15) is 45.8 Å². The van der Waals surface area contributed by atoms with E-state index in [1.807, 2.05) is 36.4 Å². The molecule has 0 aliphatic heterocycles. The van der Waals surface area contributed by atoms with Crippen LogP contribution in [0.25, 0.3) is 11.5 Å². The van der Waals surface area contributed by atoms with Crippen molar-refractivity contribution in [2.45, 2.75) is 38.5 Å². The normalized spacial score (nSPS) is 13.8. The summed E-state index contributed by atoms with van der Waals surface area (Å²) in [6, 6.07) is 11.1. The van der Waals surface area contributed by atoms with Crippen LogP contribution in [0.4, 0.5) is 6.01 Å². The Morgan fingerprint density at radius 2 is 1.86 bits per heavy atom. The minimum atomic E-state index is -0.531. The number of nitrogens with one attached hydrogen (secondary N) is 1. The highest BCUT2D eigenvalue weighted by molar-refractivity contribution is 7.14. The van der Waals surface area contributed by atoms with Gasteiger partial charge in [-0.3, -0.25) is 10.1 Å². The second-order valence-electron chi connectivity index (χ2n) is 6.88. The van der Waals surface area contributed by atoms with Gasteiger partial charge in [0.2, 0.25) is 5.89 Å². The number of esters is 1. The van der Waals surface area contributed by atoms with Crippen LogP contribution in [0.15, 0.2) is 40.8 Å². The number of benzene rings is 1. The lowest BCUT2D eigenvalue weighted by Crippen LogP contribution is -2.20. The molecule has 0 bridgehead atoms. The standard InChI is InChI=1S/C21H21N3O4S/c25-18(22-21-24-23-19(28-21)14-8-5-3-6-9-14)13-27-20(26)17-12-15-10-4-1-2-7-11-16(15)29-17/h3,5-6,8-9,12H,1-2,4,7,10-11,13H2,(H,22,24,25). The molecule has 1 aliphatic carbocycles. The van der Waals surface area contributed by atoms with Gasteiger partial charge in [-0.2, -0.15) is 0 Å². The van der Waals surface area contributed by atoms with E-state index >= 15 is 0 Å². The first-order valence-electron chi connectivity index (χ1n) is 9.66. The minimum absolute atomic E-state index is 0.0380. The maximum Gasteiger partial charge on any atom is 0.348 e. The number of carbonyl (C=O) groups is 2. The average Bonchev–Trinajstić information content (AvgIpc) is 3.34. The first kappa shape index (κ1) is 19.3. The van der Waals surface area contributed by atoms with Gasteiger partial charge in [0.15, 0.2) is 6.61 Å². The van der Waals surface area contributed by atoms with Crippen molar-refractivity contribution in [2.75, 3.05) is 11.9 Å². The third-order valence-corrected chi connectivity index (χ3v) is 5.94. The zero-order valence-corrected chi connectivity index (χ0v) is 16.7. The summed E-state index contributed by atoms with van der Waals surface area (Å²) in [5.74, 6) is -0.710. The second kappa shape index (κ2) is 9.00. The molecule has 3 aromatic rings. The lowest BCUT2D eigenvalue weighted by atomic mass is 10.00. The van der Waals surface area contributed by atoms with E-state index in [1.165, 1.54) is 34.6 Å². The number of fused-ring (bicyclic) bond motifs is 1. The van der Waals surface area contributed by atoms with E-state index in [-0.39, 0.29) is 6.01 Å². The third-order valence-electron chi connectivity index (χ3n) is 4.72. The number of rotatable bonds is 5. The van der Waals surface area contributed by atoms with Crippen LogP contribution in [0.3, 0.4) is 0 Å². The van der Waals surface area contributed by atoms with Crippen LogP contribution in [-0.2, 0) is 22.4 Å². The number of carbonyl (C=O) groups excluding carboxylic acids is 2. The molecular formula is C21H21N3O4S. The SMILES string of the molecule is O=C(COC(=O)c1cc2c(s1)CCCCCC2)Nc1nnc(-c2ccccc2)o1. The summed E-state index contributed by atoms with van der Waals surface area (Å²) in [5, 5.41) is 10.1. The molecule has 7 nitrogen and oxygen atoms in total. The molecule has 2 aromatic heterocycles. The predicted octanol–water partition coefficient (Wildman–Crippen LogP) is 4.25. The molecule has 0 saturated heterocycles. The highest BCUT2D eigenvalue weighted by Gasteiger charge is 2.18. The zero-order valence-electron chi connectivity index (χ0n) is 15.8. The van der Waals surface area contributed by atoms with Crippen molar-refractivity contribution in [3.05, 3.63) is 51.7 Å². The molecule has 4 rings (SSSR count). The molecule has 0 fully saturated rings. The molecule has 0 spiro atoms. The maximum atomic E-state index is 12.3. The van der Waals surface area contributed by atoms with Gasteiger partial charge in [0.25, 0.3) is 5.91 Å². The lowest BCUT2D eigenvalue weighted by molar-refractivity contribution is -0.119. The van der Waals surface area contributed by atoms with Crippen molar-refractivity contribution in [2.24, 2.45) is 0 Å². The van der Waals surface area contributed by atoms with Gasteiger partial charge < -0.3 is 9.15 Å². The summed E-state index contributed by atoms with van der Waals surface area (Å²) >= 11 is 1.48. The number of ether oxygens (including phenoxy) is 1. The van der Waals surface area contributed by atoms with Gasteiger partial charge in [0.1, 0.15) is 4.88 Å². The molecule has 0 saturated carbocycles. The Kier molecular flexibility index (Phi) is 6.00. The molecule has 0 atom stereocenters. The molecule has 8 heteroatoms. The number of hydrogen-bond donors (Lipinski definition) is 1. The van der Waals surface area contributed by atoms with E-state index in [2.05, 4.69) is 15.5 Å². The molecule has 0 unspecified atom stereocenters. The third kappa shape index (κ3) is 4.89. The molecule has 0 radical (unpaired) electrons. The Labute approximate surface area is 172 Å². The summed E-state index contributed by atoms with van der Waals surface area (Å²) in [6.07, 6.45) is 6.78. The molecule has 1 N–H and O–H groups in total. The number of thiophene rings is 1. The fraction of sp³-hybridized carbons (Fsp3) is 0.333. The summed E-state index contributed by atoms with van der Waals surface area (Å²) in [7, 11) is 0. The van der Waals surface area contributed by atoms with Crippen molar-refractivity contribution < 1.29 is 18.7 Å². The van der Waals surface area contributed by atoms with Crippen molar-refractivity contribution in [1.82, 2.24) is 10.2 Å². The van der Waals surface area contributed by atoms with Gasteiger partial charge in [-0.15, -0.1) is 16.4 Å². The first-order valence-corrected chi connectivity index (χ1v) is 10.5. The van der Waals surface area contributed by atoms with E-state index < -0.39 is 18.5 Å². The largest absolute Gasteiger partial charge is 0.451 e. The number of aromatic nitrogens is 2. The van der Waals surface area contributed by atoms with Crippen LogP contribution < -0.4 is 5.32 Å². The number of aryl methyl sites for hydroxylation is 2.